The van der Waals surface area contributed by atoms with Crippen LogP contribution in [0.15, 0.2) is 53.4 Å². The average Bonchev–Trinajstić information content (AvgIpc) is 2.75. The van der Waals surface area contributed by atoms with Gasteiger partial charge >= 0.3 is 0 Å². The number of sulfonamides is 1. The van der Waals surface area contributed by atoms with Crippen molar-refractivity contribution in [1.29, 1.82) is 0 Å². The minimum absolute atomic E-state index is 0.0802. The van der Waals surface area contributed by atoms with Crippen LogP contribution >= 0.6 is 0 Å². The molecule has 1 amide bonds. The fraction of sp³-hybridized carbons (Fsp3) is 0.364. The summed E-state index contributed by atoms with van der Waals surface area (Å²) >= 11 is 0. The summed E-state index contributed by atoms with van der Waals surface area (Å²) in [7, 11) is -2.10. The van der Waals surface area contributed by atoms with E-state index < -0.39 is 10.0 Å². The van der Waals surface area contributed by atoms with Gasteiger partial charge in [0.15, 0.2) is 5.78 Å². The number of amides is 1. The molecule has 1 saturated heterocycles. The number of Topliss-reactive ketones (excluding diaryl/α,β-unsaturated/α-hetero) is 1. The maximum Gasteiger partial charge on any atom is 0.243 e. The van der Waals surface area contributed by atoms with Crippen LogP contribution in [0.4, 0.5) is 4.39 Å². The van der Waals surface area contributed by atoms with Crippen LogP contribution in [0.1, 0.15) is 35.7 Å². The first-order valence-corrected chi connectivity index (χ1v) is 11.2. The van der Waals surface area contributed by atoms with E-state index >= 15 is 0 Å². The van der Waals surface area contributed by atoms with Gasteiger partial charge in [-0.05, 0) is 38.0 Å². The molecule has 30 heavy (non-hydrogen) atoms. The topological polar surface area (TPSA) is 74.8 Å². The van der Waals surface area contributed by atoms with Gasteiger partial charge in [-0.2, -0.15) is 4.31 Å². The van der Waals surface area contributed by atoms with Crippen molar-refractivity contribution in [2.24, 2.45) is 5.92 Å². The molecule has 0 radical (unpaired) electrons. The number of hydrogen-bond acceptors (Lipinski definition) is 4. The van der Waals surface area contributed by atoms with Crippen molar-refractivity contribution in [3.8, 4) is 0 Å². The van der Waals surface area contributed by atoms with E-state index in [9.17, 15) is 22.4 Å². The molecule has 160 valence electrons. The molecule has 0 aliphatic carbocycles. The first-order valence-electron chi connectivity index (χ1n) is 9.79. The number of benzene rings is 2. The third kappa shape index (κ3) is 4.76. The van der Waals surface area contributed by atoms with Gasteiger partial charge in [-0.15, -0.1) is 0 Å². The Morgan fingerprint density at radius 3 is 2.40 bits per heavy atom. The molecule has 6 nitrogen and oxygen atoms in total. The minimum Gasteiger partial charge on any atom is -0.341 e. The van der Waals surface area contributed by atoms with Gasteiger partial charge in [-0.25, -0.2) is 12.8 Å². The molecule has 0 atom stereocenters. The third-order valence-corrected chi connectivity index (χ3v) is 7.32. The molecule has 0 saturated carbocycles. The first kappa shape index (κ1) is 22.1. The number of carbonyl (C=O) groups excluding carboxylic acids is 2. The molecule has 0 N–H and O–H groups in total. The summed E-state index contributed by atoms with van der Waals surface area (Å²) in [5.74, 6) is -0.981. The second-order valence-electron chi connectivity index (χ2n) is 7.55. The van der Waals surface area contributed by atoms with Crippen LogP contribution in [0, 0.1) is 11.7 Å². The van der Waals surface area contributed by atoms with E-state index in [-0.39, 0.29) is 48.0 Å². The van der Waals surface area contributed by atoms with Crippen molar-refractivity contribution in [2.45, 2.75) is 31.2 Å². The quantitative estimate of drug-likeness (QED) is 0.658. The predicted octanol–water partition coefficient (Wildman–Crippen LogP) is 3.09. The Balaban J connectivity index is 1.64. The molecule has 1 aliphatic rings. The summed E-state index contributed by atoms with van der Waals surface area (Å²) in [6, 6.07) is 12.3. The van der Waals surface area contributed by atoms with Gasteiger partial charge in [0, 0.05) is 43.7 Å². The number of carbonyl (C=O) groups is 2. The lowest BCUT2D eigenvalue weighted by molar-refractivity contribution is -0.136. The van der Waals surface area contributed by atoms with Gasteiger partial charge in [-0.1, -0.05) is 30.3 Å². The number of halogens is 1. The van der Waals surface area contributed by atoms with Gasteiger partial charge in [0.05, 0.1) is 4.90 Å². The van der Waals surface area contributed by atoms with Crippen LogP contribution in [0.3, 0.4) is 0 Å². The van der Waals surface area contributed by atoms with E-state index in [0.717, 1.165) is 0 Å². The van der Waals surface area contributed by atoms with Crippen molar-refractivity contribution in [2.75, 3.05) is 20.1 Å². The van der Waals surface area contributed by atoms with Crippen LogP contribution in [0.2, 0.25) is 0 Å². The van der Waals surface area contributed by atoms with Gasteiger partial charge in [0.25, 0.3) is 0 Å². The van der Waals surface area contributed by atoms with Gasteiger partial charge < -0.3 is 4.90 Å². The Bertz CT molecular complexity index is 1050. The van der Waals surface area contributed by atoms with E-state index in [2.05, 4.69) is 0 Å². The lowest BCUT2D eigenvalue weighted by atomic mass is 9.96. The number of nitrogens with zero attached hydrogens (tertiary/aromatic N) is 2. The smallest absolute Gasteiger partial charge is 0.243 e. The Labute approximate surface area is 176 Å². The van der Waals surface area contributed by atoms with Crippen LogP contribution in [-0.4, -0.2) is 49.5 Å². The van der Waals surface area contributed by atoms with Gasteiger partial charge in [0.1, 0.15) is 5.82 Å². The van der Waals surface area contributed by atoms with Crippen LogP contribution < -0.4 is 0 Å². The average molecular weight is 433 g/mol. The van der Waals surface area contributed by atoms with Crippen molar-refractivity contribution in [3.05, 3.63) is 65.5 Å². The summed E-state index contributed by atoms with van der Waals surface area (Å²) in [5, 5.41) is 0. The molecule has 3 rings (SSSR count). The van der Waals surface area contributed by atoms with Crippen molar-refractivity contribution in [3.63, 3.8) is 0 Å². The Hall–Kier alpha value is -2.58. The zero-order chi connectivity index (χ0) is 21.9. The minimum atomic E-state index is -3.73. The lowest BCUT2D eigenvalue weighted by Crippen LogP contribution is -2.43. The van der Waals surface area contributed by atoms with E-state index in [1.165, 1.54) is 34.3 Å². The highest BCUT2D eigenvalue weighted by Crippen LogP contribution is 2.26. The van der Waals surface area contributed by atoms with E-state index in [0.29, 0.717) is 24.0 Å². The molecule has 8 heteroatoms. The highest BCUT2D eigenvalue weighted by atomic mass is 32.2. The summed E-state index contributed by atoms with van der Waals surface area (Å²) in [6.45, 7) is 2.00. The van der Waals surface area contributed by atoms with Crippen molar-refractivity contribution in [1.82, 2.24) is 9.21 Å². The summed E-state index contributed by atoms with van der Waals surface area (Å²) < 4.78 is 41.1. The van der Waals surface area contributed by atoms with Crippen LogP contribution in [-0.2, 0) is 21.4 Å². The summed E-state index contributed by atoms with van der Waals surface area (Å²) in [6.07, 6.45) is 0.790. The molecular weight excluding hydrogens is 407 g/mol. The van der Waals surface area contributed by atoms with E-state index in [1.807, 2.05) is 0 Å². The van der Waals surface area contributed by atoms with Crippen molar-refractivity contribution >= 4 is 21.7 Å². The highest BCUT2D eigenvalue weighted by Gasteiger charge is 2.33. The molecule has 0 unspecified atom stereocenters. The Kier molecular flexibility index (Phi) is 6.67. The molecule has 1 aliphatic heterocycles. The molecule has 1 heterocycles. The molecule has 0 bridgehead atoms. The number of ketones is 1. The fourth-order valence-electron chi connectivity index (χ4n) is 3.64. The van der Waals surface area contributed by atoms with E-state index in [4.69, 9.17) is 0 Å². The summed E-state index contributed by atoms with van der Waals surface area (Å²) in [5.41, 5.74) is 0.787. The Morgan fingerprint density at radius 2 is 1.77 bits per heavy atom. The number of hydrogen-bond donors (Lipinski definition) is 0. The Morgan fingerprint density at radius 1 is 1.10 bits per heavy atom. The fourth-order valence-corrected chi connectivity index (χ4v) is 5.16. The molecule has 0 aromatic heterocycles. The molecule has 2 aromatic rings. The SMILES string of the molecule is CC(=O)c1cccc(S(=O)(=O)N2CCC(C(=O)N(C)Cc3ccccc3F)CC2)c1. The van der Waals surface area contributed by atoms with Gasteiger partial charge in [0.2, 0.25) is 15.9 Å². The van der Waals surface area contributed by atoms with Crippen LogP contribution in [0.25, 0.3) is 0 Å². The zero-order valence-electron chi connectivity index (χ0n) is 17.0. The van der Waals surface area contributed by atoms with Crippen molar-refractivity contribution < 1.29 is 22.4 Å². The normalized spacial score (nSPS) is 15.7. The second kappa shape index (κ2) is 9.06. The maximum absolute atomic E-state index is 13.8. The first-order chi connectivity index (χ1) is 14.2. The number of piperidine rings is 1. The highest BCUT2D eigenvalue weighted by molar-refractivity contribution is 7.89. The third-order valence-electron chi connectivity index (χ3n) is 5.42. The number of rotatable bonds is 6. The standard InChI is InChI=1S/C22H25FN2O4S/c1-16(26)18-7-5-8-20(14-18)30(28,29)25-12-10-17(11-13-25)22(27)24(2)15-19-6-3-4-9-21(19)23/h3-9,14,17H,10-13,15H2,1-2H3. The maximum atomic E-state index is 13.8. The second-order valence-corrected chi connectivity index (χ2v) is 9.49. The molecule has 0 spiro atoms. The monoisotopic (exact) mass is 432 g/mol. The zero-order valence-corrected chi connectivity index (χ0v) is 17.9. The molecule has 1 fully saturated rings. The molecule has 2 aromatic carbocycles. The van der Waals surface area contributed by atoms with Crippen LogP contribution in [0.5, 0.6) is 0 Å². The largest absolute Gasteiger partial charge is 0.341 e. The summed E-state index contributed by atoms with van der Waals surface area (Å²) in [4.78, 5) is 25.9. The lowest BCUT2D eigenvalue weighted by Gasteiger charge is -2.32. The molecular formula is C22H25FN2O4S. The predicted molar refractivity (Wildman–Crippen MR) is 111 cm³/mol. The van der Waals surface area contributed by atoms with E-state index in [1.54, 1.807) is 37.4 Å². The van der Waals surface area contributed by atoms with Gasteiger partial charge in [-0.3, -0.25) is 9.59 Å².